The smallest absolute Gasteiger partial charge is 0.281 e. The van der Waals surface area contributed by atoms with E-state index in [-0.39, 0.29) is 11.9 Å². The van der Waals surface area contributed by atoms with E-state index in [1.165, 1.54) is 40.7 Å². The highest BCUT2D eigenvalue weighted by molar-refractivity contribution is 7.86. The molecule has 6 nitrogen and oxygen atoms in total. The van der Waals surface area contributed by atoms with Crippen LogP contribution in [0.25, 0.3) is 0 Å². The van der Waals surface area contributed by atoms with Crippen LogP contribution in [0.2, 0.25) is 0 Å². The fourth-order valence-electron chi connectivity index (χ4n) is 3.57. The van der Waals surface area contributed by atoms with Crippen LogP contribution in [-0.2, 0) is 15.0 Å². The Bertz CT molecular complexity index is 479. The Labute approximate surface area is 140 Å². The maximum absolute atomic E-state index is 12.1. The Hall–Kier alpha value is -0.660. The molecule has 0 spiro atoms. The van der Waals surface area contributed by atoms with Crippen molar-refractivity contribution in [2.24, 2.45) is 5.92 Å². The first-order valence-electron chi connectivity index (χ1n) is 8.86. The Morgan fingerprint density at radius 1 is 1.09 bits per heavy atom. The molecular weight excluding hydrogens is 314 g/mol. The molecule has 7 heteroatoms. The number of carbonyl (C=O) groups is 1. The van der Waals surface area contributed by atoms with Gasteiger partial charge >= 0.3 is 0 Å². The fourth-order valence-corrected chi connectivity index (χ4v) is 4.71. The molecule has 1 amide bonds. The van der Waals surface area contributed by atoms with Gasteiger partial charge in [0, 0.05) is 39.6 Å². The van der Waals surface area contributed by atoms with Crippen LogP contribution in [0.15, 0.2) is 0 Å². The molecule has 0 atom stereocenters. The molecule has 0 unspecified atom stereocenters. The topological polar surface area (TPSA) is 69.7 Å². The zero-order valence-corrected chi connectivity index (χ0v) is 15.3. The predicted molar refractivity (Wildman–Crippen MR) is 91.2 cm³/mol. The van der Waals surface area contributed by atoms with Gasteiger partial charge in [-0.1, -0.05) is 32.1 Å². The number of carbonyl (C=O) groups excluding carboxylic acids is 1. The van der Waals surface area contributed by atoms with Gasteiger partial charge in [-0.25, -0.2) is 0 Å². The number of nitrogens with zero attached hydrogens (tertiary/aromatic N) is 2. The van der Waals surface area contributed by atoms with Crippen molar-refractivity contribution in [2.75, 3.05) is 27.2 Å². The summed E-state index contributed by atoms with van der Waals surface area (Å²) >= 11 is 0. The van der Waals surface area contributed by atoms with Gasteiger partial charge in [-0.3, -0.25) is 4.79 Å². The van der Waals surface area contributed by atoms with Gasteiger partial charge in [0.2, 0.25) is 5.91 Å². The second-order valence-electron chi connectivity index (χ2n) is 7.07. The van der Waals surface area contributed by atoms with Crippen molar-refractivity contribution in [1.29, 1.82) is 0 Å². The summed E-state index contributed by atoms with van der Waals surface area (Å²) in [6.45, 7) is 0.960. The third-order valence-corrected chi connectivity index (χ3v) is 7.05. The molecule has 1 aliphatic heterocycles. The second-order valence-corrected chi connectivity index (χ2v) is 9.22. The fraction of sp³-hybridized carbons (Fsp3) is 0.938. The number of hydrogen-bond donors (Lipinski definition) is 1. The summed E-state index contributed by atoms with van der Waals surface area (Å²) in [7, 11) is -0.223. The molecule has 2 rings (SSSR count). The van der Waals surface area contributed by atoms with Gasteiger partial charge < -0.3 is 5.32 Å². The largest absolute Gasteiger partial charge is 0.353 e. The first kappa shape index (κ1) is 18.7. The van der Waals surface area contributed by atoms with Crippen molar-refractivity contribution in [3.8, 4) is 0 Å². The van der Waals surface area contributed by atoms with Crippen molar-refractivity contribution in [3.63, 3.8) is 0 Å². The first-order valence-corrected chi connectivity index (χ1v) is 10.3. The minimum atomic E-state index is -3.32. The van der Waals surface area contributed by atoms with Crippen molar-refractivity contribution in [1.82, 2.24) is 13.9 Å². The third kappa shape index (κ3) is 5.43. The summed E-state index contributed by atoms with van der Waals surface area (Å²) in [6.07, 6.45) is 9.51. The molecule has 1 heterocycles. The molecular formula is C16H31N3O3S. The highest BCUT2D eigenvalue weighted by Gasteiger charge is 2.30. The third-order valence-electron chi connectivity index (χ3n) is 5.11. The lowest BCUT2D eigenvalue weighted by atomic mass is 9.86. The molecule has 2 fully saturated rings. The maximum atomic E-state index is 12.1. The molecule has 0 radical (unpaired) electrons. The van der Waals surface area contributed by atoms with E-state index in [2.05, 4.69) is 5.32 Å². The van der Waals surface area contributed by atoms with E-state index in [1.54, 1.807) is 14.1 Å². The van der Waals surface area contributed by atoms with Crippen molar-refractivity contribution in [3.05, 3.63) is 0 Å². The normalized spacial score (nSPS) is 22.4. The van der Waals surface area contributed by atoms with Crippen LogP contribution >= 0.6 is 0 Å². The van der Waals surface area contributed by atoms with Crippen molar-refractivity contribution < 1.29 is 13.2 Å². The standard InChI is InChI=1S/C16H31N3O3S/c1-18(2)23(21,22)19-12-10-15(11-13-19)17-16(20)9-8-14-6-4-3-5-7-14/h14-15H,3-13H2,1-2H3,(H,17,20). The van der Waals surface area contributed by atoms with Crippen LogP contribution in [0, 0.1) is 5.92 Å². The predicted octanol–water partition coefficient (Wildman–Crippen LogP) is 1.73. The lowest BCUT2D eigenvalue weighted by Gasteiger charge is -2.33. The highest BCUT2D eigenvalue weighted by Crippen LogP contribution is 2.27. The van der Waals surface area contributed by atoms with Gasteiger partial charge in [0.15, 0.2) is 0 Å². The summed E-state index contributed by atoms with van der Waals surface area (Å²) in [5.41, 5.74) is 0. The molecule has 134 valence electrons. The van der Waals surface area contributed by atoms with Gasteiger partial charge in [-0.15, -0.1) is 0 Å². The van der Waals surface area contributed by atoms with Crippen LogP contribution in [0.1, 0.15) is 57.8 Å². The molecule has 0 bridgehead atoms. The van der Waals surface area contributed by atoms with Gasteiger partial charge in [0.05, 0.1) is 0 Å². The average molecular weight is 346 g/mol. The monoisotopic (exact) mass is 345 g/mol. The van der Waals surface area contributed by atoms with Crippen LogP contribution in [0.3, 0.4) is 0 Å². The molecule has 0 aromatic rings. The molecule has 1 saturated carbocycles. The molecule has 1 N–H and O–H groups in total. The number of nitrogens with one attached hydrogen (secondary N) is 1. The number of hydrogen-bond acceptors (Lipinski definition) is 3. The lowest BCUT2D eigenvalue weighted by molar-refractivity contribution is -0.122. The molecule has 1 aliphatic carbocycles. The van der Waals surface area contributed by atoms with Crippen molar-refractivity contribution >= 4 is 16.1 Å². The minimum Gasteiger partial charge on any atom is -0.353 e. The number of piperidine rings is 1. The van der Waals surface area contributed by atoms with E-state index in [1.807, 2.05) is 0 Å². The molecule has 0 aromatic heterocycles. The molecule has 1 saturated heterocycles. The molecule has 23 heavy (non-hydrogen) atoms. The number of amides is 1. The Balaban J connectivity index is 1.68. The zero-order valence-electron chi connectivity index (χ0n) is 14.5. The van der Waals surface area contributed by atoms with E-state index in [4.69, 9.17) is 0 Å². The van der Waals surface area contributed by atoms with Crippen LogP contribution in [0.5, 0.6) is 0 Å². The van der Waals surface area contributed by atoms with Crippen molar-refractivity contribution in [2.45, 2.75) is 63.8 Å². The zero-order chi connectivity index (χ0) is 16.9. The summed E-state index contributed by atoms with van der Waals surface area (Å²) < 4.78 is 26.9. The van der Waals surface area contributed by atoms with Crippen LogP contribution in [0.4, 0.5) is 0 Å². The van der Waals surface area contributed by atoms with Gasteiger partial charge in [0.1, 0.15) is 0 Å². The second kappa shape index (κ2) is 8.44. The highest BCUT2D eigenvalue weighted by atomic mass is 32.2. The van der Waals surface area contributed by atoms with Gasteiger partial charge in [-0.2, -0.15) is 17.0 Å². The van der Waals surface area contributed by atoms with E-state index >= 15 is 0 Å². The van der Waals surface area contributed by atoms with E-state index in [0.29, 0.717) is 32.4 Å². The Kier molecular flexibility index (Phi) is 6.85. The van der Waals surface area contributed by atoms with E-state index in [0.717, 1.165) is 12.3 Å². The average Bonchev–Trinajstić information content (AvgIpc) is 2.54. The molecule has 0 aromatic carbocycles. The summed E-state index contributed by atoms with van der Waals surface area (Å²) in [4.78, 5) is 12.1. The first-order chi connectivity index (χ1) is 10.9. The Morgan fingerprint density at radius 2 is 1.70 bits per heavy atom. The Morgan fingerprint density at radius 3 is 2.26 bits per heavy atom. The summed E-state index contributed by atoms with van der Waals surface area (Å²) in [6, 6.07) is 0.113. The summed E-state index contributed by atoms with van der Waals surface area (Å²) in [5.74, 6) is 0.853. The van der Waals surface area contributed by atoms with Gasteiger partial charge in [-0.05, 0) is 25.2 Å². The maximum Gasteiger partial charge on any atom is 0.281 e. The quantitative estimate of drug-likeness (QED) is 0.797. The van der Waals surface area contributed by atoms with E-state index in [9.17, 15) is 13.2 Å². The minimum absolute atomic E-state index is 0.113. The lowest BCUT2D eigenvalue weighted by Crippen LogP contribution is -2.49. The van der Waals surface area contributed by atoms with Gasteiger partial charge in [0.25, 0.3) is 10.2 Å². The molecule has 2 aliphatic rings. The van der Waals surface area contributed by atoms with Crippen LogP contribution in [-0.4, -0.2) is 56.2 Å². The number of rotatable bonds is 6. The van der Waals surface area contributed by atoms with E-state index < -0.39 is 10.2 Å². The summed E-state index contributed by atoms with van der Waals surface area (Å²) in [5, 5.41) is 3.09. The SMILES string of the molecule is CN(C)S(=O)(=O)N1CCC(NC(=O)CCC2CCCCC2)CC1. The van der Waals surface area contributed by atoms with Crippen LogP contribution < -0.4 is 5.32 Å².